The van der Waals surface area contributed by atoms with Gasteiger partial charge in [0.15, 0.2) is 5.15 Å². The van der Waals surface area contributed by atoms with E-state index in [9.17, 15) is 9.59 Å². The van der Waals surface area contributed by atoms with Gasteiger partial charge < -0.3 is 9.88 Å². The van der Waals surface area contributed by atoms with E-state index in [1.165, 1.54) is 29.8 Å². The van der Waals surface area contributed by atoms with Crippen LogP contribution in [0.4, 0.5) is 0 Å². The summed E-state index contributed by atoms with van der Waals surface area (Å²) in [5.74, 6) is -0.142. The molecule has 1 aromatic heterocycles. The summed E-state index contributed by atoms with van der Waals surface area (Å²) in [7, 11) is 0. The van der Waals surface area contributed by atoms with Crippen LogP contribution in [-0.4, -0.2) is 21.5 Å². The molecule has 19 heavy (non-hydrogen) atoms. The lowest BCUT2D eigenvalue weighted by molar-refractivity contribution is -0.122. The lowest BCUT2D eigenvalue weighted by Crippen LogP contribution is -2.38. The number of hydrogen-bond acceptors (Lipinski definition) is 3. The number of carbonyl (C=O) groups excluding carboxylic acids is 1. The smallest absolute Gasteiger partial charge is 0.288 e. The first-order chi connectivity index (χ1) is 9.16. The van der Waals surface area contributed by atoms with Gasteiger partial charge in [-0.3, -0.25) is 9.59 Å². The van der Waals surface area contributed by atoms with Crippen LogP contribution in [0.2, 0.25) is 5.15 Å². The van der Waals surface area contributed by atoms with Crippen LogP contribution in [0.15, 0.2) is 17.2 Å². The summed E-state index contributed by atoms with van der Waals surface area (Å²) in [5.41, 5.74) is -0.430. The Balaban J connectivity index is 1.93. The first kappa shape index (κ1) is 14.1. The largest absolute Gasteiger partial charge is 0.352 e. The van der Waals surface area contributed by atoms with Crippen molar-refractivity contribution in [3.63, 3.8) is 0 Å². The molecule has 1 N–H and O–H groups in total. The molecule has 2 rings (SSSR count). The number of nitrogens with zero attached hydrogens (tertiary/aromatic N) is 2. The van der Waals surface area contributed by atoms with Crippen LogP contribution in [-0.2, 0) is 11.3 Å². The molecule has 104 valence electrons. The van der Waals surface area contributed by atoms with Gasteiger partial charge in [0.05, 0.1) is 0 Å². The molecule has 0 saturated heterocycles. The quantitative estimate of drug-likeness (QED) is 0.860. The maximum atomic E-state index is 11.9. The van der Waals surface area contributed by atoms with E-state index in [0.717, 1.165) is 25.7 Å². The van der Waals surface area contributed by atoms with Gasteiger partial charge in [-0.2, -0.15) is 0 Å². The molecule has 5 nitrogen and oxygen atoms in total. The van der Waals surface area contributed by atoms with E-state index < -0.39 is 5.56 Å². The zero-order valence-electron chi connectivity index (χ0n) is 10.8. The van der Waals surface area contributed by atoms with Gasteiger partial charge in [-0.05, 0) is 12.8 Å². The predicted molar refractivity (Wildman–Crippen MR) is 73.1 cm³/mol. The molecule has 0 atom stereocenters. The lowest BCUT2D eigenvalue weighted by Gasteiger charge is -2.16. The number of halogens is 1. The highest BCUT2D eigenvalue weighted by atomic mass is 35.5. The SMILES string of the molecule is O=C(Cn1ccnc(Cl)c1=O)NC1CCCCCC1. The van der Waals surface area contributed by atoms with Crippen molar-refractivity contribution in [1.29, 1.82) is 0 Å². The minimum Gasteiger partial charge on any atom is -0.352 e. The second-order valence-electron chi connectivity index (χ2n) is 4.91. The Morgan fingerprint density at radius 2 is 2.05 bits per heavy atom. The zero-order chi connectivity index (χ0) is 13.7. The Kier molecular flexibility index (Phi) is 4.96. The highest BCUT2D eigenvalue weighted by Gasteiger charge is 2.15. The first-order valence-electron chi connectivity index (χ1n) is 6.67. The van der Waals surface area contributed by atoms with Crippen LogP contribution in [0.3, 0.4) is 0 Å². The molecule has 0 bridgehead atoms. The molecule has 1 aromatic rings. The zero-order valence-corrected chi connectivity index (χ0v) is 11.5. The molecule has 6 heteroatoms. The molecule has 1 fully saturated rings. The molecule has 0 aromatic carbocycles. The first-order valence-corrected chi connectivity index (χ1v) is 7.05. The number of hydrogen-bond donors (Lipinski definition) is 1. The fourth-order valence-corrected chi connectivity index (χ4v) is 2.56. The van der Waals surface area contributed by atoms with E-state index in [0.29, 0.717) is 0 Å². The molecule has 0 aliphatic heterocycles. The molecule has 1 aliphatic carbocycles. The van der Waals surface area contributed by atoms with E-state index >= 15 is 0 Å². The lowest BCUT2D eigenvalue weighted by atomic mass is 10.1. The molecule has 1 saturated carbocycles. The summed E-state index contributed by atoms with van der Waals surface area (Å²) in [4.78, 5) is 27.2. The summed E-state index contributed by atoms with van der Waals surface area (Å²) < 4.78 is 1.28. The number of nitrogens with one attached hydrogen (secondary N) is 1. The van der Waals surface area contributed by atoms with E-state index in [2.05, 4.69) is 10.3 Å². The van der Waals surface area contributed by atoms with E-state index in [1.807, 2.05) is 0 Å². The summed E-state index contributed by atoms with van der Waals surface area (Å²) in [5, 5.41) is 2.89. The summed E-state index contributed by atoms with van der Waals surface area (Å²) in [6.45, 7) is -0.00241. The Morgan fingerprint density at radius 1 is 1.37 bits per heavy atom. The number of amides is 1. The third kappa shape index (κ3) is 4.06. The topological polar surface area (TPSA) is 64.0 Å². The maximum absolute atomic E-state index is 11.9. The molecular formula is C13H18ClN3O2. The number of rotatable bonds is 3. The number of aromatic nitrogens is 2. The Labute approximate surface area is 117 Å². The van der Waals surface area contributed by atoms with Crippen LogP contribution in [0.5, 0.6) is 0 Å². The summed E-state index contributed by atoms with van der Waals surface area (Å²) in [6.07, 6.45) is 9.74. The minimum atomic E-state index is -0.430. The normalized spacial score (nSPS) is 16.9. The number of carbonyl (C=O) groups is 1. The van der Waals surface area contributed by atoms with Crippen molar-refractivity contribution in [2.24, 2.45) is 0 Å². The average Bonchev–Trinajstić information content (AvgIpc) is 2.63. The van der Waals surface area contributed by atoms with Crippen molar-refractivity contribution >= 4 is 17.5 Å². The highest BCUT2D eigenvalue weighted by molar-refractivity contribution is 6.29. The van der Waals surface area contributed by atoms with Crippen LogP contribution in [0, 0.1) is 0 Å². The Bertz CT molecular complexity index is 493. The predicted octanol–water partition coefficient (Wildman–Crippen LogP) is 1.74. The van der Waals surface area contributed by atoms with Crippen molar-refractivity contribution in [3.8, 4) is 0 Å². The van der Waals surface area contributed by atoms with Crippen molar-refractivity contribution in [1.82, 2.24) is 14.9 Å². The van der Waals surface area contributed by atoms with Gasteiger partial charge in [0, 0.05) is 18.4 Å². The molecule has 1 aliphatic rings. The van der Waals surface area contributed by atoms with E-state index in [-0.39, 0.29) is 23.6 Å². The van der Waals surface area contributed by atoms with Crippen LogP contribution in [0.25, 0.3) is 0 Å². The average molecular weight is 284 g/mol. The maximum Gasteiger partial charge on any atom is 0.288 e. The van der Waals surface area contributed by atoms with Gasteiger partial charge in [-0.25, -0.2) is 4.98 Å². The second-order valence-corrected chi connectivity index (χ2v) is 5.27. The molecule has 1 amide bonds. The van der Waals surface area contributed by atoms with Gasteiger partial charge >= 0.3 is 0 Å². The minimum absolute atomic E-state index is 0.00241. The van der Waals surface area contributed by atoms with Crippen molar-refractivity contribution in [2.75, 3.05) is 0 Å². The standard InChI is InChI=1S/C13H18ClN3O2/c14-12-13(19)17(8-7-15-12)9-11(18)16-10-5-3-1-2-4-6-10/h7-8,10H,1-6,9H2,(H,16,18). The highest BCUT2D eigenvalue weighted by Crippen LogP contribution is 2.17. The Morgan fingerprint density at radius 3 is 2.74 bits per heavy atom. The van der Waals surface area contributed by atoms with Crippen LogP contribution >= 0.6 is 11.6 Å². The third-order valence-corrected chi connectivity index (χ3v) is 3.67. The fraction of sp³-hybridized carbons (Fsp3) is 0.615. The fourth-order valence-electron chi connectivity index (χ4n) is 2.40. The van der Waals surface area contributed by atoms with Gasteiger partial charge in [0.2, 0.25) is 5.91 Å². The van der Waals surface area contributed by atoms with Crippen LogP contribution < -0.4 is 10.9 Å². The molecule has 0 radical (unpaired) electrons. The second kappa shape index (κ2) is 6.70. The van der Waals surface area contributed by atoms with Crippen molar-refractivity contribution < 1.29 is 4.79 Å². The van der Waals surface area contributed by atoms with E-state index in [4.69, 9.17) is 11.6 Å². The summed E-state index contributed by atoms with van der Waals surface area (Å²) in [6, 6.07) is 0.239. The van der Waals surface area contributed by atoms with Gasteiger partial charge in [0.25, 0.3) is 5.56 Å². The third-order valence-electron chi connectivity index (χ3n) is 3.41. The monoisotopic (exact) mass is 283 g/mol. The van der Waals surface area contributed by atoms with Crippen LogP contribution in [0.1, 0.15) is 38.5 Å². The van der Waals surface area contributed by atoms with Gasteiger partial charge in [-0.15, -0.1) is 0 Å². The Hall–Kier alpha value is -1.36. The van der Waals surface area contributed by atoms with Crippen molar-refractivity contribution in [2.45, 2.75) is 51.1 Å². The molecule has 1 heterocycles. The molecule has 0 spiro atoms. The summed E-state index contributed by atoms with van der Waals surface area (Å²) >= 11 is 5.63. The van der Waals surface area contributed by atoms with Crippen molar-refractivity contribution in [3.05, 3.63) is 27.9 Å². The van der Waals surface area contributed by atoms with Gasteiger partial charge in [0.1, 0.15) is 6.54 Å². The molecular weight excluding hydrogens is 266 g/mol. The van der Waals surface area contributed by atoms with E-state index in [1.54, 1.807) is 0 Å². The van der Waals surface area contributed by atoms with Gasteiger partial charge in [-0.1, -0.05) is 37.3 Å². The molecule has 0 unspecified atom stereocenters.